The molecule has 8 nitrogen and oxygen atoms in total. The number of β-amino-alcohol motifs (C(OH)–C–C–N with tert-alkyl or cyclic N) is 1. The van der Waals surface area contributed by atoms with Crippen LogP contribution in [-0.4, -0.2) is 71.3 Å². The fraction of sp³-hybridized carbons (Fsp3) is 0.552. The molecule has 3 aliphatic heterocycles. The first-order valence-corrected chi connectivity index (χ1v) is 13.1. The molecule has 0 radical (unpaired) electrons. The number of nitrogens with zero attached hydrogens (tertiary/aromatic N) is 2. The Morgan fingerprint density at radius 3 is 2.68 bits per heavy atom. The Labute approximate surface area is 218 Å². The Balaban J connectivity index is 1.79. The van der Waals surface area contributed by atoms with Crippen LogP contribution in [0.5, 0.6) is 0 Å². The zero-order valence-corrected chi connectivity index (χ0v) is 22.1. The summed E-state index contributed by atoms with van der Waals surface area (Å²) in [5, 5.41) is 9.85. The SMILES string of the molecule is C=CCCOC(=O)[C@@H]1[C@H]2C(=O)N(CCO)C(C(=O)N(CC=C)c3cc(C)ccc3C)C23CC[C@@]1(CC)O3. The van der Waals surface area contributed by atoms with E-state index in [1.54, 1.807) is 17.1 Å². The molecule has 37 heavy (non-hydrogen) atoms. The Morgan fingerprint density at radius 1 is 1.27 bits per heavy atom. The lowest BCUT2D eigenvalue weighted by Crippen LogP contribution is -2.57. The van der Waals surface area contributed by atoms with Gasteiger partial charge in [-0.25, -0.2) is 0 Å². The van der Waals surface area contributed by atoms with Crippen LogP contribution in [0.25, 0.3) is 0 Å². The van der Waals surface area contributed by atoms with Crippen LogP contribution < -0.4 is 4.90 Å². The summed E-state index contributed by atoms with van der Waals surface area (Å²) in [4.78, 5) is 44.8. The third kappa shape index (κ3) is 4.20. The highest BCUT2D eigenvalue weighted by molar-refractivity contribution is 6.05. The topological polar surface area (TPSA) is 96.4 Å². The van der Waals surface area contributed by atoms with Crippen molar-refractivity contribution in [3.05, 3.63) is 54.6 Å². The summed E-state index contributed by atoms with van der Waals surface area (Å²) in [6.07, 6.45) is 5.38. The van der Waals surface area contributed by atoms with Crippen molar-refractivity contribution in [2.24, 2.45) is 11.8 Å². The van der Waals surface area contributed by atoms with Crippen LogP contribution in [0.2, 0.25) is 0 Å². The van der Waals surface area contributed by atoms with E-state index in [0.29, 0.717) is 25.7 Å². The summed E-state index contributed by atoms with van der Waals surface area (Å²) in [6.45, 7) is 13.4. The Hall–Kier alpha value is -2.97. The van der Waals surface area contributed by atoms with Crippen LogP contribution in [0, 0.1) is 25.7 Å². The van der Waals surface area contributed by atoms with Crippen molar-refractivity contribution in [2.75, 3.05) is 31.2 Å². The Kier molecular flexibility index (Phi) is 7.62. The molecule has 3 aliphatic rings. The molecule has 1 aromatic carbocycles. The maximum atomic E-state index is 14.4. The van der Waals surface area contributed by atoms with Gasteiger partial charge in [0.2, 0.25) is 5.91 Å². The normalized spacial score (nSPS) is 29.8. The van der Waals surface area contributed by atoms with Gasteiger partial charge in [-0.15, -0.1) is 13.2 Å². The molecule has 2 amide bonds. The number of amides is 2. The first kappa shape index (κ1) is 27.1. The average Bonchev–Trinajstić information content (AvgIpc) is 3.48. The molecule has 2 bridgehead atoms. The van der Waals surface area contributed by atoms with Crippen LogP contribution in [0.4, 0.5) is 5.69 Å². The van der Waals surface area contributed by atoms with Crippen LogP contribution in [-0.2, 0) is 23.9 Å². The second-order valence-electron chi connectivity index (χ2n) is 10.4. The number of ether oxygens (including phenoxy) is 2. The van der Waals surface area contributed by atoms with Gasteiger partial charge in [0.05, 0.1) is 24.7 Å². The number of carbonyl (C=O) groups is 3. The van der Waals surface area contributed by atoms with Crippen molar-refractivity contribution in [2.45, 2.75) is 63.7 Å². The van der Waals surface area contributed by atoms with Gasteiger partial charge in [0.15, 0.2) is 0 Å². The van der Waals surface area contributed by atoms with E-state index >= 15 is 0 Å². The summed E-state index contributed by atoms with van der Waals surface area (Å²) in [5.41, 5.74) is 0.618. The molecule has 0 saturated carbocycles. The maximum Gasteiger partial charge on any atom is 0.312 e. The molecule has 200 valence electrons. The smallest absolute Gasteiger partial charge is 0.312 e. The number of aliphatic hydroxyl groups excluding tert-OH is 1. The Bertz CT molecular complexity index is 1100. The quantitative estimate of drug-likeness (QED) is 0.279. The molecule has 3 saturated heterocycles. The van der Waals surface area contributed by atoms with Gasteiger partial charge >= 0.3 is 5.97 Å². The van der Waals surface area contributed by atoms with Gasteiger partial charge < -0.3 is 24.4 Å². The first-order valence-electron chi connectivity index (χ1n) is 13.1. The second kappa shape index (κ2) is 10.4. The number of carbonyl (C=O) groups excluding carboxylic acids is 3. The molecule has 1 N–H and O–H groups in total. The van der Waals surface area contributed by atoms with E-state index in [9.17, 15) is 19.5 Å². The van der Waals surface area contributed by atoms with Gasteiger partial charge in [-0.3, -0.25) is 14.4 Å². The summed E-state index contributed by atoms with van der Waals surface area (Å²) >= 11 is 0. The molecule has 2 unspecified atom stereocenters. The van der Waals surface area contributed by atoms with Gasteiger partial charge in [0.1, 0.15) is 17.6 Å². The lowest BCUT2D eigenvalue weighted by Gasteiger charge is -2.37. The summed E-state index contributed by atoms with van der Waals surface area (Å²) in [5.74, 6) is -2.77. The van der Waals surface area contributed by atoms with Gasteiger partial charge in [-0.1, -0.05) is 31.2 Å². The largest absolute Gasteiger partial charge is 0.465 e. The summed E-state index contributed by atoms with van der Waals surface area (Å²) in [6, 6.07) is 4.91. The van der Waals surface area contributed by atoms with Crippen LogP contribution >= 0.6 is 0 Å². The van der Waals surface area contributed by atoms with E-state index in [1.165, 1.54) is 4.90 Å². The number of likely N-dealkylation sites (tertiary alicyclic amines) is 1. The lowest BCUT2D eigenvalue weighted by molar-refractivity contribution is -0.160. The van der Waals surface area contributed by atoms with Crippen molar-refractivity contribution >= 4 is 23.5 Å². The van der Waals surface area contributed by atoms with Gasteiger partial charge in [-0.2, -0.15) is 0 Å². The molecule has 1 spiro atoms. The number of aliphatic hydroxyl groups is 1. The molecule has 0 aliphatic carbocycles. The number of hydrogen-bond acceptors (Lipinski definition) is 6. The average molecular weight is 511 g/mol. The molecule has 0 aromatic heterocycles. The van der Waals surface area contributed by atoms with Crippen LogP contribution in [0.3, 0.4) is 0 Å². The standard InChI is InChI=1S/C29H38N2O6/c1-6-9-17-36-27(35)23-22-25(33)31(15-16-32)24(29(22)13-12-28(23,8-3)37-29)26(34)30(14-7-2)21-18-19(4)10-11-20(21)5/h6-7,10-11,18,22-24,32H,1-2,8-9,12-17H2,3-5H3/t22-,23-,24?,28+,29?/m0/s1. The van der Waals surface area contributed by atoms with Crippen molar-refractivity contribution in [3.63, 3.8) is 0 Å². The van der Waals surface area contributed by atoms with E-state index in [4.69, 9.17) is 9.47 Å². The number of aryl methyl sites for hydroxylation is 2. The van der Waals surface area contributed by atoms with Gasteiger partial charge in [0.25, 0.3) is 5.91 Å². The maximum absolute atomic E-state index is 14.4. The van der Waals surface area contributed by atoms with E-state index in [1.807, 2.05) is 39.0 Å². The van der Waals surface area contributed by atoms with Crippen molar-refractivity contribution in [1.29, 1.82) is 0 Å². The molecule has 3 heterocycles. The minimum atomic E-state index is -1.17. The van der Waals surface area contributed by atoms with E-state index in [2.05, 4.69) is 13.2 Å². The van der Waals surface area contributed by atoms with E-state index in [-0.39, 0.29) is 38.1 Å². The zero-order chi connectivity index (χ0) is 27.0. The summed E-state index contributed by atoms with van der Waals surface area (Å²) in [7, 11) is 0. The molecule has 8 heteroatoms. The zero-order valence-electron chi connectivity index (χ0n) is 22.1. The highest BCUT2D eigenvalue weighted by Crippen LogP contribution is 2.64. The number of anilines is 1. The second-order valence-corrected chi connectivity index (χ2v) is 10.4. The predicted octanol–water partition coefficient (Wildman–Crippen LogP) is 3.09. The number of esters is 1. The minimum absolute atomic E-state index is 0.0249. The molecule has 1 aromatic rings. The van der Waals surface area contributed by atoms with Crippen molar-refractivity contribution < 1.29 is 29.0 Å². The van der Waals surface area contributed by atoms with Crippen LogP contribution in [0.1, 0.15) is 43.7 Å². The van der Waals surface area contributed by atoms with Crippen LogP contribution in [0.15, 0.2) is 43.5 Å². The predicted molar refractivity (Wildman–Crippen MR) is 140 cm³/mol. The number of hydrogen-bond donors (Lipinski definition) is 1. The number of rotatable bonds is 11. The molecular formula is C29H38N2O6. The fourth-order valence-electron chi connectivity index (χ4n) is 6.63. The molecule has 3 fully saturated rings. The number of fused-ring (bicyclic) bond motifs is 1. The first-order chi connectivity index (χ1) is 17.7. The highest BCUT2D eigenvalue weighted by Gasteiger charge is 2.79. The fourth-order valence-corrected chi connectivity index (χ4v) is 6.63. The van der Waals surface area contributed by atoms with Crippen molar-refractivity contribution in [3.8, 4) is 0 Å². The van der Waals surface area contributed by atoms with E-state index < -0.39 is 35.0 Å². The van der Waals surface area contributed by atoms with Crippen molar-refractivity contribution in [1.82, 2.24) is 4.90 Å². The molecule has 5 atom stereocenters. The number of benzene rings is 1. The molecule has 4 rings (SSSR count). The summed E-state index contributed by atoms with van der Waals surface area (Å²) < 4.78 is 12.3. The third-order valence-corrected chi connectivity index (χ3v) is 8.31. The van der Waals surface area contributed by atoms with E-state index in [0.717, 1.165) is 16.8 Å². The Morgan fingerprint density at radius 2 is 2.03 bits per heavy atom. The minimum Gasteiger partial charge on any atom is -0.465 e. The molecular weight excluding hydrogens is 472 g/mol. The lowest BCUT2D eigenvalue weighted by atomic mass is 9.65. The van der Waals surface area contributed by atoms with Gasteiger partial charge in [0, 0.05) is 18.8 Å². The van der Waals surface area contributed by atoms with Gasteiger partial charge in [-0.05, 0) is 56.7 Å². The monoisotopic (exact) mass is 510 g/mol. The highest BCUT2D eigenvalue weighted by atomic mass is 16.6. The third-order valence-electron chi connectivity index (χ3n) is 8.31.